The van der Waals surface area contributed by atoms with E-state index in [1.807, 2.05) is 24.3 Å². The molecule has 0 aliphatic rings. The summed E-state index contributed by atoms with van der Waals surface area (Å²) >= 11 is 3.29. The second kappa shape index (κ2) is 6.52. The Kier molecular flexibility index (Phi) is 4.45. The van der Waals surface area contributed by atoms with Gasteiger partial charge in [0.05, 0.1) is 10.6 Å². The van der Waals surface area contributed by atoms with E-state index >= 15 is 0 Å². The molecule has 1 N–H and O–H groups in total. The number of hydrogen-bond acceptors (Lipinski definition) is 3. The monoisotopic (exact) mass is 388 g/mol. The zero-order chi connectivity index (χ0) is 16.3. The van der Waals surface area contributed by atoms with Crippen LogP contribution in [0.3, 0.4) is 0 Å². The number of halogens is 1. The minimum Gasteiger partial charge on any atom is -0.280 e. The van der Waals surface area contributed by atoms with Crippen molar-refractivity contribution in [2.24, 2.45) is 0 Å². The third kappa shape index (κ3) is 3.78. The maximum absolute atomic E-state index is 12.4. The standard InChI is InChI=1S/C17H13BrN2O2S/c18-14-7-9-16(10-8-14)23(21,22)20-15-5-3-4-13(12-15)17-6-1-2-11-19-17/h1-12,20H. The summed E-state index contributed by atoms with van der Waals surface area (Å²) in [6.45, 7) is 0. The van der Waals surface area contributed by atoms with Crippen LogP contribution in [-0.4, -0.2) is 13.4 Å². The van der Waals surface area contributed by atoms with E-state index in [9.17, 15) is 8.42 Å². The lowest BCUT2D eigenvalue weighted by Crippen LogP contribution is -2.12. The fourth-order valence-electron chi connectivity index (χ4n) is 2.10. The average Bonchev–Trinajstić information content (AvgIpc) is 2.56. The fraction of sp³-hybridized carbons (Fsp3) is 0. The highest BCUT2D eigenvalue weighted by molar-refractivity contribution is 9.10. The van der Waals surface area contributed by atoms with Crippen molar-refractivity contribution < 1.29 is 8.42 Å². The van der Waals surface area contributed by atoms with Crippen LogP contribution in [0.5, 0.6) is 0 Å². The molecule has 0 atom stereocenters. The smallest absolute Gasteiger partial charge is 0.261 e. The summed E-state index contributed by atoms with van der Waals surface area (Å²) in [5, 5.41) is 0. The minimum absolute atomic E-state index is 0.212. The number of rotatable bonds is 4. The van der Waals surface area contributed by atoms with Crippen LogP contribution in [0.15, 0.2) is 82.3 Å². The van der Waals surface area contributed by atoms with Gasteiger partial charge in [0.15, 0.2) is 0 Å². The normalized spacial score (nSPS) is 11.2. The topological polar surface area (TPSA) is 59.1 Å². The molecule has 0 radical (unpaired) electrons. The number of sulfonamides is 1. The Morgan fingerprint density at radius 3 is 2.39 bits per heavy atom. The van der Waals surface area contributed by atoms with Gasteiger partial charge in [0.1, 0.15) is 0 Å². The van der Waals surface area contributed by atoms with Crippen LogP contribution in [0.4, 0.5) is 5.69 Å². The molecular formula is C17H13BrN2O2S. The lowest BCUT2D eigenvalue weighted by molar-refractivity contribution is 0.601. The van der Waals surface area contributed by atoms with Crippen LogP contribution in [0.2, 0.25) is 0 Å². The molecule has 0 saturated carbocycles. The molecule has 0 bridgehead atoms. The highest BCUT2D eigenvalue weighted by Crippen LogP contribution is 2.23. The molecule has 2 aromatic carbocycles. The van der Waals surface area contributed by atoms with Gasteiger partial charge in [-0.05, 0) is 48.5 Å². The van der Waals surface area contributed by atoms with Gasteiger partial charge < -0.3 is 0 Å². The van der Waals surface area contributed by atoms with Gasteiger partial charge in [-0.15, -0.1) is 0 Å². The van der Waals surface area contributed by atoms with Gasteiger partial charge in [-0.1, -0.05) is 34.1 Å². The van der Waals surface area contributed by atoms with Crippen molar-refractivity contribution in [3.05, 3.63) is 77.4 Å². The molecule has 0 aliphatic carbocycles. The Hall–Kier alpha value is -2.18. The van der Waals surface area contributed by atoms with E-state index in [1.54, 1.807) is 48.7 Å². The van der Waals surface area contributed by atoms with Crippen molar-refractivity contribution in [2.75, 3.05) is 4.72 Å². The molecule has 116 valence electrons. The number of aromatic nitrogens is 1. The lowest BCUT2D eigenvalue weighted by atomic mass is 10.1. The summed E-state index contributed by atoms with van der Waals surface area (Å²) in [4.78, 5) is 4.48. The molecule has 1 aromatic heterocycles. The van der Waals surface area contributed by atoms with Gasteiger partial charge in [0.2, 0.25) is 0 Å². The second-order valence-corrected chi connectivity index (χ2v) is 7.45. The summed E-state index contributed by atoms with van der Waals surface area (Å²) in [7, 11) is -3.62. The van der Waals surface area contributed by atoms with Crippen LogP contribution in [0.1, 0.15) is 0 Å². The predicted molar refractivity (Wildman–Crippen MR) is 94.6 cm³/mol. The van der Waals surface area contributed by atoms with E-state index in [2.05, 4.69) is 25.6 Å². The first kappa shape index (κ1) is 15.7. The first-order valence-corrected chi connectivity index (χ1v) is 9.12. The molecule has 23 heavy (non-hydrogen) atoms. The highest BCUT2D eigenvalue weighted by atomic mass is 79.9. The Morgan fingerprint density at radius 2 is 1.70 bits per heavy atom. The van der Waals surface area contributed by atoms with Crippen LogP contribution in [0.25, 0.3) is 11.3 Å². The SMILES string of the molecule is O=S(=O)(Nc1cccc(-c2ccccn2)c1)c1ccc(Br)cc1. The Labute approximate surface area is 143 Å². The van der Waals surface area contributed by atoms with Gasteiger partial charge in [-0.25, -0.2) is 8.42 Å². The van der Waals surface area contributed by atoms with Crippen LogP contribution in [0, 0.1) is 0 Å². The third-order valence-corrected chi connectivity index (χ3v) is 5.13. The van der Waals surface area contributed by atoms with Crippen LogP contribution in [-0.2, 0) is 10.0 Å². The van der Waals surface area contributed by atoms with E-state index in [4.69, 9.17) is 0 Å². The number of hydrogen-bond donors (Lipinski definition) is 1. The maximum atomic E-state index is 12.4. The van der Waals surface area contributed by atoms with E-state index in [-0.39, 0.29) is 4.90 Å². The first-order valence-electron chi connectivity index (χ1n) is 6.84. The quantitative estimate of drug-likeness (QED) is 0.723. The zero-order valence-corrected chi connectivity index (χ0v) is 14.4. The summed E-state index contributed by atoms with van der Waals surface area (Å²) in [6, 6.07) is 19.2. The number of anilines is 1. The van der Waals surface area contributed by atoms with Crippen molar-refractivity contribution in [1.29, 1.82) is 0 Å². The zero-order valence-electron chi connectivity index (χ0n) is 12.0. The molecule has 1 heterocycles. The maximum Gasteiger partial charge on any atom is 0.261 e. The molecule has 3 rings (SSSR count). The molecular weight excluding hydrogens is 376 g/mol. The molecule has 0 amide bonds. The van der Waals surface area contributed by atoms with Crippen molar-refractivity contribution in [3.8, 4) is 11.3 Å². The molecule has 0 spiro atoms. The summed E-state index contributed by atoms with van der Waals surface area (Å²) < 4.78 is 28.3. The van der Waals surface area contributed by atoms with Crippen LogP contribution >= 0.6 is 15.9 Å². The van der Waals surface area contributed by atoms with Crippen molar-refractivity contribution >= 4 is 31.6 Å². The largest absolute Gasteiger partial charge is 0.280 e. The van der Waals surface area contributed by atoms with Crippen molar-refractivity contribution in [1.82, 2.24) is 4.98 Å². The number of benzene rings is 2. The van der Waals surface area contributed by atoms with Gasteiger partial charge in [-0.2, -0.15) is 0 Å². The Bertz CT molecular complexity index is 911. The molecule has 0 fully saturated rings. The minimum atomic E-state index is -3.62. The molecule has 0 unspecified atom stereocenters. The first-order chi connectivity index (χ1) is 11.0. The lowest BCUT2D eigenvalue weighted by Gasteiger charge is -2.09. The van der Waals surface area contributed by atoms with E-state index < -0.39 is 10.0 Å². The Balaban J connectivity index is 1.90. The molecule has 0 aliphatic heterocycles. The van der Waals surface area contributed by atoms with Gasteiger partial charge in [0.25, 0.3) is 10.0 Å². The van der Waals surface area contributed by atoms with Gasteiger partial charge in [0, 0.05) is 21.9 Å². The second-order valence-electron chi connectivity index (χ2n) is 4.86. The van der Waals surface area contributed by atoms with Crippen LogP contribution < -0.4 is 4.72 Å². The summed E-state index contributed by atoms with van der Waals surface area (Å²) in [6.07, 6.45) is 1.70. The average molecular weight is 389 g/mol. The predicted octanol–water partition coefficient (Wildman–Crippen LogP) is 4.31. The summed E-state index contributed by atoms with van der Waals surface area (Å²) in [5.74, 6) is 0. The fourth-order valence-corrected chi connectivity index (χ4v) is 3.42. The van der Waals surface area contributed by atoms with Gasteiger partial charge >= 0.3 is 0 Å². The molecule has 3 aromatic rings. The number of pyridine rings is 1. The molecule has 6 heteroatoms. The highest BCUT2D eigenvalue weighted by Gasteiger charge is 2.14. The van der Waals surface area contributed by atoms with E-state index in [0.29, 0.717) is 5.69 Å². The van der Waals surface area contributed by atoms with Gasteiger partial charge in [-0.3, -0.25) is 9.71 Å². The van der Waals surface area contributed by atoms with Crippen molar-refractivity contribution in [3.63, 3.8) is 0 Å². The van der Waals surface area contributed by atoms with E-state index in [0.717, 1.165) is 15.7 Å². The summed E-state index contributed by atoms with van der Waals surface area (Å²) in [5.41, 5.74) is 2.13. The number of nitrogens with zero attached hydrogens (tertiary/aromatic N) is 1. The third-order valence-electron chi connectivity index (χ3n) is 3.20. The molecule has 0 saturated heterocycles. The van der Waals surface area contributed by atoms with E-state index in [1.165, 1.54) is 0 Å². The Morgan fingerprint density at radius 1 is 0.913 bits per heavy atom. The molecule has 4 nitrogen and oxygen atoms in total. The number of nitrogens with one attached hydrogen (secondary N) is 1. The van der Waals surface area contributed by atoms with Crippen molar-refractivity contribution in [2.45, 2.75) is 4.90 Å².